The molecule has 0 unspecified atom stereocenters. The van der Waals surface area contributed by atoms with E-state index in [-0.39, 0.29) is 32.7 Å². The van der Waals surface area contributed by atoms with Crippen LogP contribution in [0.4, 0.5) is 0 Å². The average molecular weight is 837 g/mol. The number of benzene rings is 4. The molecule has 0 radical (unpaired) electrons. The summed E-state index contributed by atoms with van der Waals surface area (Å²) in [6.07, 6.45) is 10.3. The Bertz CT molecular complexity index is 2050. The minimum Gasteiger partial charge on any atom is -0.490 e. The summed E-state index contributed by atoms with van der Waals surface area (Å²) in [6.45, 7) is 18.7. The predicted molar refractivity (Wildman–Crippen MR) is 250 cm³/mol. The number of carbonyl (C=O) groups excluding carboxylic acids is 1. The number of hydrogen-bond acceptors (Lipinski definition) is 7. The van der Waals surface area contributed by atoms with Gasteiger partial charge in [0.15, 0.2) is 0 Å². The van der Waals surface area contributed by atoms with Crippen molar-refractivity contribution in [2.24, 2.45) is 34.5 Å². The molecule has 4 aliphatic rings. The Morgan fingerprint density at radius 3 is 1.28 bits per heavy atom. The number of nitrogens with zero attached hydrogens (tertiary/aromatic N) is 2. The Balaban J connectivity index is 0.000000224. The third-order valence-corrected chi connectivity index (χ3v) is 13.8. The molecule has 4 fully saturated rings. The number of esters is 1. The first-order chi connectivity index (χ1) is 28.1. The molecule has 8 nitrogen and oxygen atoms in total. The van der Waals surface area contributed by atoms with Crippen molar-refractivity contribution < 1.29 is 28.9 Å². The van der Waals surface area contributed by atoms with Crippen LogP contribution in [-0.4, -0.2) is 72.3 Å². The molecule has 1 N–H and O–H groups in total. The van der Waals surface area contributed by atoms with E-state index < -0.39 is 5.97 Å². The van der Waals surface area contributed by atoms with Crippen LogP contribution in [0, 0.1) is 34.5 Å². The summed E-state index contributed by atoms with van der Waals surface area (Å²) >= 11 is 0. The molecule has 0 bridgehead atoms. The van der Waals surface area contributed by atoms with E-state index in [0.29, 0.717) is 36.1 Å². The molecule has 4 aromatic carbocycles. The van der Waals surface area contributed by atoms with Gasteiger partial charge in [0, 0.05) is 39.3 Å². The van der Waals surface area contributed by atoms with Gasteiger partial charge in [0.25, 0.3) is 0 Å². The SMILES string of the molecule is C.C.CC(C)(C)C1CCC(Oc2ccc3cc(CN4CC(C(=O)O)C4)ccc3c2)CC1.COC(=O)C1CN(Cc2ccc3cc(OC4CCC(C(C)(C)C)CC4)ccc3c2)C1. The number of carbonyl (C=O) groups is 2. The maximum Gasteiger partial charge on any atom is 0.311 e. The largest absolute Gasteiger partial charge is 0.490 e. The number of carboxylic acids is 1. The lowest BCUT2D eigenvalue weighted by molar-refractivity contribution is -0.151. The molecule has 0 amide bonds. The second-order valence-electron chi connectivity index (χ2n) is 20.2. The standard InChI is InChI=1S/C26H35NO3.C25H33NO3.2CH4/c1-26(2,3)22-8-11-23(12-9-22)30-24-10-7-19-13-18(5-6-20(19)14-24)15-27-16-21(17-27)25(28)29-4;1-25(2,3)21-7-10-22(11-8-21)29-23-9-6-18-12-17(4-5-19(18)13-23)14-26-15-20(16-26)24(27)28;;/h5-7,10,13-14,21-23H,8-9,11-12,15-17H2,1-4H3;4-6,9,12-13,20-22H,7-8,10-11,14-16H2,1-3H3,(H,27,28);2*1H4. The van der Waals surface area contributed by atoms with Gasteiger partial charge in [-0.15, -0.1) is 0 Å². The van der Waals surface area contributed by atoms with Crippen molar-refractivity contribution >= 4 is 33.5 Å². The Labute approximate surface area is 367 Å². The molecular formula is C53H76N2O6. The Morgan fingerprint density at radius 1 is 0.557 bits per heavy atom. The fourth-order valence-electron chi connectivity index (χ4n) is 9.75. The van der Waals surface area contributed by atoms with Gasteiger partial charge in [-0.2, -0.15) is 0 Å². The van der Waals surface area contributed by atoms with Crippen molar-refractivity contribution in [3.63, 3.8) is 0 Å². The van der Waals surface area contributed by atoms with Crippen molar-refractivity contribution in [3.8, 4) is 11.5 Å². The number of methoxy groups -OCH3 is 1. The third kappa shape index (κ3) is 12.5. The molecule has 0 atom stereocenters. The molecule has 0 spiro atoms. The Hall–Kier alpha value is -4.14. The molecule has 2 aliphatic carbocycles. The van der Waals surface area contributed by atoms with Gasteiger partial charge in [0.1, 0.15) is 11.5 Å². The highest BCUT2D eigenvalue weighted by molar-refractivity contribution is 5.85. The van der Waals surface area contributed by atoms with E-state index in [1.165, 1.54) is 65.5 Å². The van der Waals surface area contributed by atoms with Crippen LogP contribution in [0.25, 0.3) is 21.5 Å². The third-order valence-electron chi connectivity index (χ3n) is 13.8. The van der Waals surface area contributed by atoms with E-state index in [9.17, 15) is 9.59 Å². The fourth-order valence-corrected chi connectivity index (χ4v) is 9.75. The lowest BCUT2D eigenvalue weighted by atomic mass is 9.72. The molecule has 2 aliphatic heterocycles. The van der Waals surface area contributed by atoms with Crippen molar-refractivity contribution in [2.75, 3.05) is 33.3 Å². The van der Waals surface area contributed by atoms with Gasteiger partial charge in [0.05, 0.1) is 31.2 Å². The van der Waals surface area contributed by atoms with Gasteiger partial charge >= 0.3 is 11.9 Å². The number of aliphatic carboxylic acids is 1. The normalized spacial score (nSPS) is 22.7. The van der Waals surface area contributed by atoms with Crippen molar-refractivity contribution in [3.05, 3.63) is 83.9 Å². The molecular weight excluding hydrogens is 761 g/mol. The van der Waals surface area contributed by atoms with Gasteiger partial charge in [0.2, 0.25) is 0 Å². The van der Waals surface area contributed by atoms with Crippen LogP contribution in [0.15, 0.2) is 72.8 Å². The topological polar surface area (TPSA) is 88.5 Å². The van der Waals surface area contributed by atoms with Crippen LogP contribution in [0.3, 0.4) is 0 Å². The Morgan fingerprint density at radius 2 is 0.918 bits per heavy atom. The molecule has 8 heteroatoms. The van der Waals surface area contributed by atoms with Crippen molar-refractivity contribution in [1.82, 2.24) is 9.80 Å². The van der Waals surface area contributed by atoms with E-state index in [1.807, 2.05) is 0 Å². The maximum absolute atomic E-state index is 11.5. The molecule has 2 saturated carbocycles. The molecule has 8 rings (SSSR count). The summed E-state index contributed by atoms with van der Waals surface area (Å²) in [5.41, 5.74) is 3.31. The van der Waals surface area contributed by atoms with Crippen LogP contribution in [-0.2, 0) is 27.4 Å². The molecule has 61 heavy (non-hydrogen) atoms. The minimum atomic E-state index is -0.681. The van der Waals surface area contributed by atoms with Gasteiger partial charge < -0.3 is 19.3 Å². The summed E-state index contributed by atoms with van der Waals surface area (Å²) in [4.78, 5) is 27.0. The first-order valence-corrected chi connectivity index (χ1v) is 22.2. The lowest BCUT2D eigenvalue weighted by Crippen LogP contribution is -2.49. The summed E-state index contributed by atoms with van der Waals surface area (Å²) in [7, 11) is 1.46. The molecule has 0 aromatic heterocycles. The predicted octanol–water partition coefficient (Wildman–Crippen LogP) is 12.0. The lowest BCUT2D eigenvalue weighted by Gasteiger charge is -2.37. The summed E-state index contributed by atoms with van der Waals surface area (Å²) in [6, 6.07) is 26.0. The first kappa shape index (κ1) is 47.9. The average Bonchev–Trinajstić information content (AvgIpc) is 3.17. The van der Waals surface area contributed by atoms with Gasteiger partial charge in [-0.3, -0.25) is 19.4 Å². The monoisotopic (exact) mass is 837 g/mol. The second-order valence-corrected chi connectivity index (χ2v) is 20.2. The minimum absolute atomic E-state index is 0. The van der Waals surface area contributed by atoms with Crippen LogP contribution < -0.4 is 9.47 Å². The quantitative estimate of drug-likeness (QED) is 0.158. The Kier molecular flexibility index (Phi) is 16.0. The number of ether oxygens (including phenoxy) is 3. The zero-order valence-corrected chi connectivity index (χ0v) is 36.7. The summed E-state index contributed by atoms with van der Waals surface area (Å²) in [5.74, 6) is 2.62. The first-order valence-electron chi connectivity index (χ1n) is 22.2. The van der Waals surface area contributed by atoms with Crippen LogP contribution in [0.5, 0.6) is 11.5 Å². The maximum atomic E-state index is 11.5. The van der Waals surface area contributed by atoms with E-state index in [2.05, 4.69) is 124 Å². The van der Waals surface area contributed by atoms with Crippen LogP contribution >= 0.6 is 0 Å². The van der Waals surface area contributed by atoms with E-state index in [1.54, 1.807) is 0 Å². The highest BCUT2D eigenvalue weighted by atomic mass is 16.5. The number of fused-ring (bicyclic) bond motifs is 2. The summed E-state index contributed by atoms with van der Waals surface area (Å²) < 4.78 is 17.5. The van der Waals surface area contributed by atoms with Gasteiger partial charge in [-0.05, 0) is 143 Å². The highest BCUT2D eigenvalue weighted by Crippen LogP contribution is 2.40. The molecule has 4 aromatic rings. The van der Waals surface area contributed by atoms with Crippen LogP contribution in [0.1, 0.15) is 119 Å². The summed E-state index contributed by atoms with van der Waals surface area (Å²) in [5, 5.41) is 13.9. The number of likely N-dealkylation sites (tertiary alicyclic amines) is 2. The number of hydrogen-bond donors (Lipinski definition) is 1. The van der Waals surface area contributed by atoms with E-state index in [4.69, 9.17) is 19.3 Å². The zero-order chi connectivity index (χ0) is 41.9. The van der Waals surface area contributed by atoms with E-state index >= 15 is 0 Å². The molecule has 2 heterocycles. The molecule has 2 saturated heterocycles. The van der Waals surface area contributed by atoms with Gasteiger partial charge in [-0.1, -0.05) is 92.8 Å². The highest BCUT2D eigenvalue weighted by Gasteiger charge is 2.35. The molecule has 334 valence electrons. The number of rotatable bonds is 10. The van der Waals surface area contributed by atoms with Crippen molar-refractivity contribution in [1.29, 1.82) is 0 Å². The second kappa shape index (κ2) is 20.4. The van der Waals surface area contributed by atoms with E-state index in [0.717, 1.165) is 75.2 Å². The van der Waals surface area contributed by atoms with Crippen LogP contribution in [0.2, 0.25) is 0 Å². The van der Waals surface area contributed by atoms with Gasteiger partial charge in [-0.25, -0.2) is 0 Å². The smallest absolute Gasteiger partial charge is 0.311 e. The zero-order valence-electron chi connectivity index (χ0n) is 36.7. The van der Waals surface area contributed by atoms with Crippen molar-refractivity contribution in [2.45, 2.75) is 133 Å². The fraction of sp³-hybridized carbons (Fsp3) is 0.585. The number of carboxylic acid groups (broad SMARTS) is 1.